The van der Waals surface area contributed by atoms with Crippen LogP contribution in [0.4, 0.5) is 4.39 Å². The number of nitrogens with zero attached hydrogens (tertiary/aromatic N) is 1. The van der Waals surface area contributed by atoms with Crippen LogP contribution in [0.25, 0.3) is 0 Å². The molecule has 0 spiro atoms. The molecule has 0 radical (unpaired) electrons. The van der Waals surface area contributed by atoms with Gasteiger partial charge in [-0.1, -0.05) is 41.9 Å². The third kappa shape index (κ3) is 3.60. The van der Waals surface area contributed by atoms with E-state index in [1.165, 1.54) is 12.1 Å². The highest BCUT2D eigenvalue weighted by molar-refractivity contribution is 6.30. The molecule has 2 aromatic carbocycles. The summed E-state index contributed by atoms with van der Waals surface area (Å²) in [5, 5.41) is 3.47. The van der Waals surface area contributed by atoms with Crippen LogP contribution >= 0.6 is 11.6 Å². The van der Waals surface area contributed by atoms with Crippen LogP contribution in [0.15, 0.2) is 73.1 Å². The molecule has 0 saturated heterocycles. The largest absolute Gasteiger partial charge is 0.341 e. The molecule has 0 fully saturated rings. The first-order chi connectivity index (χ1) is 11.6. The Balaban J connectivity index is 1.95. The topological polar surface area (TPSA) is 42.0 Å². The van der Waals surface area contributed by atoms with Crippen molar-refractivity contribution in [3.8, 4) is 0 Å². The van der Waals surface area contributed by atoms with E-state index in [0.29, 0.717) is 5.02 Å². The molecule has 3 rings (SSSR count). The van der Waals surface area contributed by atoms with Gasteiger partial charge in [-0.2, -0.15) is 0 Å². The number of aromatic nitrogens is 1. The minimum Gasteiger partial charge on any atom is -0.341 e. The fourth-order valence-electron chi connectivity index (χ4n) is 2.42. The standard InChI is InChI=1S/C19H14ClFN2O/c20-15-9-7-13(8-10-15)18(14-4-3-11-22-12-14)23-19(24)16-5-1-2-6-17(16)21/h1-12,18H,(H,23,24). The molecular weight excluding hydrogens is 327 g/mol. The average Bonchev–Trinajstić information content (AvgIpc) is 2.61. The second kappa shape index (κ2) is 7.23. The normalized spacial score (nSPS) is 11.8. The summed E-state index contributed by atoms with van der Waals surface area (Å²) in [5.41, 5.74) is 1.63. The molecule has 1 amide bonds. The van der Waals surface area contributed by atoms with Crippen molar-refractivity contribution in [1.82, 2.24) is 10.3 Å². The highest BCUT2D eigenvalue weighted by Crippen LogP contribution is 2.23. The van der Waals surface area contributed by atoms with E-state index in [2.05, 4.69) is 10.3 Å². The van der Waals surface area contributed by atoms with E-state index in [-0.39, 0.29) is 5.56 Å². The van der Waals surface area contributed by atoms with Crippen LogP contribution in [0.5, 0.6) is 0 Å². The molecule has 24 heavy (non-hydrogen) atoms. The average molecular weight is 341 g/mol. The van der Waals surface area contributed by atoms with Crippen LogP contribution in [0.2, 0.25) is 5.02 Å². The Hall–Kier alpha value is -2.72. The van der Waals surface area contributed by atoms with Gasteiger partial charge in [-0.15, -0.1) is 0 Å². The molecule has 0 aliphatic rings. The van der Waals surface area contributed by atoms with Gasteiger partial charge in [0.2, 0.25) is 0 Å². The smallest absolute Gasteiger partial charge is 0.255 e. The summed E-state index contributed by atoms with van der Waals surface area (Å²) in [6, 6.07) is 16.2. The fraction of sp³-hybridized carbons (Fsp3) is 0.0526. The first-order valence-electron chi connectivity index (χ1n) is 7.36. The highest BCUT2D eigenvalue weighted by atomic mass is 35.5. The summed E-state index contributed by atoms with van der Waals surface area (Å²) < 4.78 is 13.9. The number of halogens is 2. The van der Waals surface area contributed by atoms with E-state index in [9.17, 15) is 9.18 Å². The molecule has 0 aliphatic heterocycles. The Kier molecular flexibility index (Phi) is 4.87. The van der Waals surface area contributed by atoms with E-state index < -0.39 is 17.8 Å². The second-order valence-electron chi connectivity index (χ2n) is 5.22. The van der Waals surface area contributed by atoms with Crippen molar-refractivity contribution in [3.05, 3.63) is 101 Å². The molecule has 3 aromatic rings. The third-order valence-electron chi connectivity index (χ3n) is 3.62. The minimum absolute atomic E-state index is 0.000328. The SMILES string of the molecule is O=C(NC(c1ccc(Cl)cc1)c1cccnc1)c1ccccc1F. The second-order valence-corrected chi connectivity index (χ2v) is 5.66. The maximum atomic E-state index is 13.9. The number of rotatable bonds is 4. The zero-order valence-electron chi connectivity index (χ0n) is 12.6. The molecule has 0 bridgehead atoms. The van der Waals surface area contributed by atoms with Crippen molar-refractivity contribution < 1.29 is 9.18 Å². The van der Waals surface area contributed by atoms with Gasteiger partial charge in [0.15, 0.2) is 0 Å². The predicted molar refractivity (Wildman–Crippen MR) is 91.4 cm³/mol. The maximum Gasteiger partial charge on any atom is 0.255 e. The summed E-state index contributed by atoms with van der Waals surface area (Å²) in [6.45, 7) is 0. The Labute approximate surface area is 144 Å². The van der Waals surface area contributed by atoms with Crippen LogP contribution in [0, 0.1) is 5.82 Å². The molecule has 120 valence electrons. The monoisotopic (exact) mass is 340 g/mol. The van der Waals surface area contributed by atoms with Gasteiger partial charge in [0, 0.05) is 17.4 Å². The lowest BCUT2D eigenvalue weighted by Crippen LogP contribution is -2.30. The molecule has 0 aliphatic carbocycles. The summed E-state index contributed by atoms with van der Waals surface area (Å²) >= 11 is 5.94. The van der Waals surface area contributed by atoms with Crippen molar-refractivity contribution in [2.24, 2.45) is 0 Å². The summed E-state index contributed by atoms with van der Waals surface area (Å²) in [6.07, 6.45) is 3.32. The summed E-state index contributed by atoms with van der Waals surface area (Å²) in [7, 11) is 0. The summed E-state index contributed by atoms with van der Waals surface area (Å²) in [5.74, 6) is -1.05. The van der Waals surface area contributed by atoms with Gasteiger partial charge in [0.1, 0.15) is 5.82 Å². The zero-order chi connectivity index (χ0) is 16.9. The van der Waals surface area contributed by atoms with Crippen molar-refractivity contribution in [3.63, 3.8) is 0 Å². The van der Waals surface area contributed by atoms with Gasteiger partial charge in [0.05, 0.1) is 11.6 Å². The Morgan fingerprint density at radius 1 is 1.00 bits per heavy atom. The van der Waals surface area contributed by atoms with Crippen molar-refractivity contribution in [1.29, 1.82) is 0 Å². The van der Waals surface area contributed by atoms with Gasteiger partial charge < -0.3 is 5.32 Å². The highest BCUT2D eigenvalue weighted by Gasteiger charge is 2.19. The lowest BCUT2D eigenvalue weighted by molar-refractivity contribution is 0.0939. The van der Waals surface area contributed by atoms with E-state index in [1.807, 2.05) is 18.2 Å². The van der Waals surface area contributed by atoms with Gasteiger partial charge in [-0.25, -0.2) is 4.39 Å². The number of hydrogen-bond acceptors (Lipinski definition) is 2. The quantitative estimate of drug-likeness (QED) is 0.765. The number of amides is 1. The Morgan fingerprint density at radius 3 is 2.42 bits per heavy atom. The minimum atomic E-state index is -0.559. The van der Waals surface area contributed by atoms with Crippen LogP contribution < -0.4 is 5.32 Å². The number of carbonyl (C=O) groups is 1. The van der Waals surface area contributed by atoms with Gasteiger partial charge in [-0.05, 0) is 41.5 Å². The number of pyridine rings is 1. The third-order valence-corrected chi connectivity index (χ3v) is 3.87. The first kappa shape index (κ1) is 16.1. The molecule has 0 saturated carbocycles. The number of hydrogen-bond donors (Lipinski definition) is 1. The van der Waals surface area contributed by atoms with E-state index in [0.717, 1.165) is 11.1 Å². The molecule has 1 aromatic heterocycles. The number of carbonyl (C=O) groups excluding carboxylic acids is 1. The molecule has 3 nitrogen and oxygen atoms in total. The van der Waals surface area contributed by atoms with Crippen LogP contribution in [0.1, 0.15) is 27.5 Å². The molecule has 5 heteroatoms. The van der Waals surface area contributed by atoms with Crippen LogP contribution in [-0.4, -0.2) is 10.9 Å². The Bertz CT molecular complexity index is 838. The van der Waals surface area contributed by atoms with Crippen molar-refractivity contribution in [2.75, 3.05) is 0 Å². The molecule has 1 unspecified atom stereocenters. The molecule has 1 atom stereocenters. The summed E-state index contributed by atoms with van der Waals surface area (Å²) in [4.78, 5) is 16.6. The van der Waals surface area contributed by atoms with E-state index >= 15 is 0 Å². The maximum absolute atomic E-state index is 13.9. The van der Waals surface area contributed by atoms with E-state index in [4.69, 9.17) is 11.6 Å². The van der Waals surface area contributed by atoms with Crippen LogP contribution in [-0.2, 0) is 0 Å². The Morgan fingerprint density at radius 2 is 1.75 bits per heavy atom. The van der Waals surface area contributed by atoms with E-state index in [1.54, 1.807) is 42.7 Å². The molecular formula is C19H14ClFN2O. The first-order valence-corrected chi connectivity index (χ1v) is 7.74. The predicted octanol–water partition coefficient (Wildman–Crippen LogP) is 4.39. The van der Waals surface area contributed by atoms with Gasteiger partial charge >= 0.3 is 0 Å². The fourth-order valence-corrected chi connectivity index (χ4v) is 2.54. The van der Waals surface area contributed by atoms with Gasteiger partial charge in [0.25, 0.3) is 5.91 Å². The lowest BCUT2D eigenvalue weighted by Gasteiger charge is -2.20. The van der Waals surface area contributed by atoms with Crippen LogP contribution in [0.3, 0.4) is 0 Å². The number of benzene rings is 2. The lowest BCUT2D eigenvalue weighted by atomic mass is 9.99. The number of nitrogens with one attached hydrogen (secondary N) is 1. The molecule has 1 heterocycles. The molecule has 1 N–H and O–H groups in total. The van der Waals surface area contributed by atoms with Gasteiger partial charge in [-0.3, -0.25) is 9.78 Å². The zero-order valence-corrected chi connectivity index (χ0v) is 13.4. The van der Waals surface area contributed by atoms with Crippen molar-refractivity contribution in [2.45, 2.75) is 6.04 Å². The van der Waals surface area contributed by atoms with Crippen molar-refractivity contribution >= 4 is 17.5 Å².